The number of alkyl carbamates (subject to hydrolysis) is 1. The van der Waals surface area contributed by atoms with E-state index in [1.807, 2.05) is 45.0 Å². The van der Waals surface area contributed by atoms with Gasteiger partial charge in [-0.15, -0.1) is 0 Å². The molecule has 0 spiro atoms. The summed E-state index contributed by atoms with van der Waals surface area (Å²) in [5.74, 6) is 1.40. The van der Waals surface area contributed by atoms with Crippen LogP contribution in [0.25, 0.3) is 0 Å². The van der Waals surface area contributed by atoms with Crippen molar-refractivity contribution in [3.05, 3.63) is 24.3 Å². The van der Waals surface area contributed by atoms with Gasteiger partial charge in [-0.25, -0.2) is 4.79 Å². The highest BCUT2D eigenvalue weighted by atomic mass is 17.0. The summed E-state index contributed by atoms with van der Waals surface area (Å²) in [5, 5.41) is 4.43. The van der Waals surface area contributed by atoms with E-state index in [4.69, 9.17) is 14.4 Å². The molecule has 1 aliphatic carbocycles. The molecule has 1 fully saturated rings. The Morgan fingerprint density at radius 1 is 1.23 bits per heavy atom. The number of carbonyl (C=O) groups excluding carboxylic acids is 1. The van der Waals surface area contributed by atoms with Gasteiger partial charge in [-0.3, -0.25) is 0 Å². The van der Waals surface area contributed by atoms with Gasteiger partial charge in [0.2, 0.25) is 0 Å². The fraction of sp³-hybridized carbons (Fsp3) is 0.562. The number of para-hydroxylation sites is 2. The number of hydrogen-bond acceptors (Lipinski definition) is 5. The molecule has 6 heteroatoms. The third-order valence-corrected chi connectivity index (χ3v) is 3.68. The summed E-state index contributed by atoms with van der Waals surface area (Å²) in [6.07, 6.45) is 2.38. The lowest BCUT2D eigenvalue weighted by molar-refractivity contribution is -0.256. The SMILES string of the molecule is CC(C)(C)OC(=O)N[C@@H]1CCC[C@@H]1N1Oc2ccccc2O1. The number of nitrogens with zero attached hydrogens (tertiary/aromatic N) is 1. The number of hydrogen-bond donors (Lipinski definition) is 1. The number of rotatable bonds is 2. The van der Waals surface area contributed by atoms with Crippen molar-refractivity contribution in [1.29, 1.82) is 0 Å². The average molecular weight is 306 g/mol. The Morgan fingerprint density at radius 3 is 2.45 bits per heavy atom. The van der Waals surface area contributed by atoms with E-state index in [1.54, 1.807) is 0 Å². The van der Waals surface area contributed by atoms with Crippen LogP contribution in [0.15, 0.2) is 24.3 Å². The van der Waals surface area contributed by atoms with Crippen molar-refractivity contribution >= 4 is 6.09 Å². The van der Waals surface area contributed by atoms with Crippen molar-refractivity contribution in [2.24, 2.45) is 0 Å². The Kier molecular flexibility index (Phi) is 3.87. The van der Waals surface area contributed by atoms with Gasteiger partial charge in [0.05, 0.1) is 6.04 Å². The third-order valence-electron chi connectivity index (χ3n) is 3.68. The quantitative estimate of drug-likeness (QED) is 0.910. The Morgan fingerprint density at radius 2 is 1.86 bits per heavy atom. The Labute approximate surface area is 130 Å². The van der Waals surface area contributed by atoms with Crippen molar-refractivity contribution in [1.82, 2.24) is 10.5 Å². The highest BCUT2D eigenvalue weighted by molar-refractivity contribution is 5.68. The molecular weight excluding hydrogens is 284 g/mol. The van der Waals surface area contributed by atoms with Gasteiger partial charge in [0.1, 0.15) is 11.6 Å². The first-order valence-corrected chi connectivity index (χ1v) is 7.66. The van der Waals surface area contributed by atoms with Gasteiger partial charge in [0.25, 0.3) is 0 Å². The minimum absolute atomic E-state index is 0.0279. The topological polar surface area (TPSA) is 60.0 Å². The first kappa shape index (κ1) is 15.0. The second kappa shape index (κ2) is 5.68. The van der Waals surface area contributed by atoms with Crippen molar-refractivity contribution in [2.75, 3.05) is 0 Å². The molecule has 1 amide bonds. The van der Waals surface area contributed by atoms with Crippen molar-refractivity contribution in [2.45, 2.75) is 57.7 Å². The molecule has 1 aromatic carbocycles. The van der Waals surface area contributed by atoms with Crippen LogP contribution in [0.5, 0.6) is 11.5 Å². The Balaban J connectivity index is 1.61. The summed E-state index contributed by atoms with van der Waals surface area (Å²) < 4.78 is 5.32. The van der Waals surface area contributed by atoms with E-state index in [-0.39, 0.29) is 12.1 Å². The molecule has 6 nitrogen and oxygen atoms in total. The van der Waals surface area contributed by atoms with Crippen LogP contribution in [0.1, 0.15) is 40.0 Å². The van der Waals surface area contributed by atoms with Crippen LogP contribution in [-0.4, -0.2) is 29.0 Å². The van der Waals surface area contributed by atoms with Gasteiger partial charge in [-0.2, -0.15) is 0 Å². The molecule has 1 heterocycles. The Hall–Kier alpha value is -1.95. The standard InChI is InChI=1S/C16H22N2O4/c1-16(2,3)20-15(19)17-11-7-6-8-12(11)18-21-13-9-4-5-10-14(13)22-18/h4-5,9-12H,6-8H2,1-3H3,(H,17,19)/t11-,12+/m1/s1. The van der Waals surface area contributed by atoms with E-state index in [0.29, 0.717) is 11.5 Å². The lowest BCUT2D eigenvalue weighted by Gasteiger charge is -2.27. The third kappa shape index (κ3) is 3.27. The molecule has 0 unspecified atom stereocenters. The van der Waals surface area contributed by atoms with Crippen LogP contribution in [0, 0.1) is 0 Å². The number of amides is 1. The fourth-order valence-electron chi connectivity index (χ4n) is 2.77. The fourth-order valence-corrected chi connectivity index (χ4v) is 2.77. The normalized spacial score (nSPS) is 24.3. The number of fused-ring (bicyclic) bond motifs is 1. The van der Waals surface area contributed by atoms with Gasteiger partial charge in [-0.1, -0.05) is 12.1 Å². The largest absolute Gasteiger partial charge is 0.444 e. The Bertz CT molecular complexity index is 530. The maximum atomic E-state index is 12.0. The van der Waals surface area contributed by atoms with Crippen LogP contribution >= 0.6 is 0 Å². The number of nitrogens with one attached hydrogen (secondary N) is 1. The zero-order valence-corrected chi connectivity index (χ0v) is 13.2. The molecule has 1 aromatic rings. The smallest absolute Gasteiger partial charge is 0.407 e. The first-order valence-electron chi connectivity index (χ1n) is 7.66. The van der Waals surface area contributed by atoms with Crippen molar-refractivity contribution in [3.8, 4) is 11.5 Å². The zero-order valence-electron chi connectivity index (χ0n) is 13.2. The number of hydroxylamine groups is 2. The number of carbonyl (C=O) groups is 1. The van der Waals surface area contributed by atoms with E-state index < -0.39 is 11.7 Å². The minimum Gasteiger partial charge on any atom is -0.444 e. The molecule has 0 aromatic heterocycles. The van der Waals surface area contributed by atoms with Crippen molar-refractivity contribution < 1.29 is 19.2 Å². The number of ether oxygens (including phenoxy) is 1. The van der Waals surface area contributed by atoms with Gasteiger partial charge in [0, 0.05) is 5.23 Å². The zero-order chi connectivity index (χ0) is 15.7. The second-order valence-electron chi connectivity index (χ2n) is 6.67. The summed E-state index contributed by atoms with van der Waals surface area (Å²) in [4.78, 5) is 23.4. The molecule has 2 aliphatic rings. The van der Waals surface area contributed by atoms with Gasteiger partial charge in [0.15, 0.2) is 11.5 Å². The molecule has 0 bridgehead atoms. The molecule has 0 radical (unpaired) electrons. The van der Waals surface area contributed by atoms with Crippen LogP contribution in [0.3, 0.4) is 0 Å². The van der Waals surface area contributed by atoms with Crippen LogP contribution < -0.4 is 15.0 Å². The monoisotopic (exact) mass is 306 g/mol. The molecule has 120 valence electrons. The highest BCUT2D eigenvalue weighted by Crippen LogP contribution is 2.37. The lowest BCUT2D eigenvalue weighted by atomic mass is 10.2. The lowest BCUT2D eigenvalue weighted by Crippen LogP contribution is -2.50. The predicted molar refractivity (Wildman–Crippen MR) is 80.3 cm³/mol. The molecule has 1 N–H and O–H groups in total. The summed E-state index contributed by atoms with van der Waals surface area (Å²) >= 11 is 0. The van der Waals surface area contributed by atoms with Gasteiger partial charge >= 0.3 is 6.09 Å². The van der Waals surface area contributed by atoms with Crippen LogP contribution in [0.4, 0.5) is 4.79 Å². The molecular formula is C16H22N2O4. The van der Waals surface area contributed by atoms with E-state index in [2.05, 4.69) is 5.32 Å². The van der Waals surface area contributed by atoms with E-state index >= 15 is 0 Å². The minimum atomic E-state index is -0.505. The van der Waals surface area contributed by atoms with Crippen LogP contribution in [-0.2, 0) is 4.74 Å². The molecule has 2 atom stereocenters. The van der Waals surface area contributed by atoms with Crippen LogP contribution in [0.2, 0.25) is 0 Å². The highest BCUT2D eigenvalue weighted by Gasteiger charge is 2.40. The number of benzene rings is 1. The maximum absolute atomic E-state index is 12.0. The maximum Gasteiger partial charge on any atom is 0.407 e. The molecule has 22 heavy (non-hydrogen) atoms. The molecule has 1 aliphatic heterocycles. The predicted octanol–water partition coefficient (Wildman–Crippen LogP) is 3.04. The summed E-state index contributed by atoms with van der Waals surface area (Å²) in [7, 11) is 0. The average Bonchev–Trinajstić information content (AvgIpc) is 3.01. The molecule has 1 saturated carbocycles. The molecule has 0 saturated heterocycles. The molecule has 3 rings (SSSR count). The second-order valence-corrected chi connectivity index (χ2v) is 6.67. The van der Waals surface area contributed by atoms with Gasteiger partial charge in [-0.05, 0) is 52.2 Å². The van der Waals surface area contributed by atoms with Crippen molar-refractivity contribution in [3.63, 3.8) is 0 Å². The first-order chi connectivity index (χ1) is 10.4. The van der Waals surface area contributed by atoms with Gasteiger partial charge < -0.3 is 19.7 Å². The van der Waals surface area contributed by atoms with E-state index in [0.717, 1.165) is 19.3 Å². The summed E-state index contributed by atoms with van der Waals surface area (Å²) in [6, 6.07) is 7.44. The van der Waals surface area contributed by atoms with E-state index in [1.165, 1.54) is 5.23 Å². The summed E-state index contributed by atoms with van der Waals surface area (Å²) in [6.45, 7) is 5.55. The van der Waals surface area contributed by atoms with E-state index in [9.17, 15) is 4.79 Å². The summed E-state index contributed by atoms with van der Waals surface area (Å²) in [5.41, 5.74) is -0.505.